The number of urea groups is 1. The summed E-state index contributed by atoms with van der Waals surface area (Å²) in [5.41, 5.74) is -0.386. The Hall–Kier alpha value is -1.21. The Morgan fingerprint density at radius 2 is 1.94 bits per heavy atom. The van der Waals surface area contributed by atoms with Gasteiger partial charge in [-0.25, -0.2) is 13.6 Å². The van der Waals surface area contributed by atoms with Crippen LogP contribution in [0.25, 0.3) is 0 Å². The number of halogens is 4. The predicted octanol–water partition coefficient (Wildman–Crippen LogP) is 3.00. The lowest BCUT2D eigenvalue weighted by molar-refractivity contribution is -0.119. The second-order valence-corrected chi connectivity index (χ2v) is 4.81. The van der Waals surface area contributed by atoms with Gasteiger partial charge < -0.3 is 5.32 Å². The molecule has 4 nitrogen and oxygen atoms in total. The molecule has 1 aromatic rings. The maximum absolute atomic E-state index is 13.3. The molecule has 1 atom stereocenters. The van der Waals surface area contributed by atoms with Crippen molar-refractivity contribution in [3.8, 4) is 0 Å². The fourth-order valence-electron chi connectivity index (χ4n) is 0.983. The van der Waals surface area contributed by atoms with Gasteiger partial charge in [0.05, 0.1) is 10.2 Å². The lowest BCUT2D eigenvalue weighted by Gasteiger charge is -2.09. The number of amides is 3. The van der Waals surface area contributed by atoms with Crippen molar-refractivity contribution in [1.82, 2.24) is 5.32 Å². The zero-order valence-electron chi connectivity index (χ0n) is 9.06. The van der Waals surface area contributed by atoms with E-state index in [1.807, 2.05) is 10.6 Å². The highest BCUT2D eigenvalue weighted by Crippen LogP contribution is 2.23. The van der Waals surface area contributed by atoms with E-state index in [1.54, 1.807) is 0 Å². The Morgan fingerprint density at radius 3 is 2.50 bits per heavy atom. The molecule has 0 radical (unpaired) electrons. The molecule has 0 aliphatic rings. The molecule has 0 spiro atoms. The molecule has 98 valence electrons. The Bertz CT molecular complexity index is 497. The van der Waals surface area contributed by atoms with Gasteiger partial charge in [0.15, 0.2) is 0 Å². The molecule has 0 bridgehead atoms. The molecule has 18 heavy (non-hydrogen) atoms. The maximum atomic E-state index is 13.3. The van der Waals surface area contributed by atoms with Crippen LogP contribution in [-0.2, 0) is 4.79 Å². The van der Waals surface area contributed by atoms with E-state index in [4.69, 9.17) is 11.6 Å². The van der Waals surface area contributed by atoms with E-state index in [9.17, 15) is 18.4 Å². The van der Waals surface area contributed by atoms with Crippen LogP contribution in [0.3, 0.4) is 0 Å². The summed E-state index contributed by atoms with van der Waals surface area (Å²) in [7, 11) is 0. The van der Waals surface area contributed by atoms with E-state index >= 15 is 0 Å². The number of alkyl halides is 1. The Morgan fingerprint density at radius 1 is 1.33 bits per heavy atom. The largest absolute Gasteiger partial charge is 0.326 e. The lowest BCUT2D eigenvalue weighted by atomic mass is 10.3. The molecular weight excluding hydrogens is 333 g/mol. The molecule has 0 aliphatic heterocycles. The van der Waals surface area contributed by atoms with Gasteiger partial charge in [0, 0.05) is 6.07 Å². The molecule has 2 N–H and O–H groups in total. The molecule has 0 aliphatic carbocycles. The van der Waals surface area contributed by atoms with Crippen LogP contribution in [-0.4, -0.2) is 17.3 Å². The number of nitrogens with one attached hydrogen (secondary N) is 2. The van der Waals surface area contributed by atoms with Crippen LogP contribution in [0.2, 0.25) is 0 Å². The zero-order valence-corrected chi connectivity index (χ0v) is 11.4. The molecule has 0 saturated heterocycles. The summed E-state index contributed by atoms with van der Waals surface area (Å²) < 4.78 is 26.4. The second-order valence-electron chi connectivity index (χ2n) is 3.31. The van der Waals surface area contributed by atoms with Gasteiger partial charge in [0.2, 0.25) is 5.91 Å². The first-order valence-corrected chi connectivity index (χ1v) is 5.94. The van der Waals surface area contributed by atoms with Crippen LogP contribution in [0.1, 0.15) is 6.92 Å². The summed E-state index contributed by atoms with van der Waals surface area (Å²) in [6, 6.07) is 0.651. The molecule has 3 amide bonds. The van der Waals surface area contributed by atoms with Crippen LogP contribution in [0, 0.1) is 11.6 Å². The lowest BCUT2D eigenvalue weighted by Crippen LogP contribution is -2.38. The average Bonchev–Trinajstić information content (AvgIpc) is 2.25. The minimum Gasteiger partial charge on any atom is -0.305 e. The van der Waals surface area contributed by atoms with Crippen molar-refractivity contribution in [3.63, 3.8) is 0 Å². The molecule has 0 fully saturated rings. The van der Waals surface area contributed by atoms with Gasteiger partial charge in [-0.05, 0) is 28.9 Å². The molecule has 1 aromatic carbocycles. The number of carbonyl (C=O) groups excluding carboxylic acids is 2. The van der Waals surface area contributed by atoms with Gasteiger partial charge in [-0.3, -0.25) is 10.1 Å². The van der Waals surface area contributed by atoms with Gasteiger partial charge in [-0.2, -0.15) is 0 Å². The van der Waals surface area contributed by atoms with Gasteiger partial charge >= 0.3 is 6.03 Å². The first kappa shape index (κ1) is 14.8. The highest BCUT2D eigenvalue weighted by atomic mass is 79.9. The SMILES string of the molecule is CC(Cl)C(=O)NC(=O)Nc1cc(F)c(Br)cc1F. The molecule has 0 heterocycles. The van der Waals surface area contributed by atoms with E-state index < -0.39 is 28.9 Å². The summed E-state index contributed by atoms with van der Waals surface area (Å²) in [4.78, 5) is 22.3. The maximum Gasteiger partial charge on any atom is 0.326 e. The predicted molar refractivity (Wildman–Crippen MR) is 66.5 cm³/mol. The van der Waals surface area contributed by atoms with Crippen molar-refractivity contribution in [2.45, 2.75) is 12.3 Å². The minimum absolute atomic E-state index is 0.0728. The molecule has 8 heteroatoms. The summed E-state index contributed by atoms with van der Waals surface area (Å²) in [6.45, 7) is 1.37. The number of hydrogen-bond acceptors (Lipinski definition) is 2. The van der Waals surface area contributed by atoms with Crippen LogP contribution in [0.15, 0.2) is 16.6 Å². The highest BCUT2D eigenvalue weighted by molar-refractivity contribution is 9.10. The van der Waals surface area contributed by atoms with Crippen LogP contribution >= 0.6 is 27.5 Å². The third-order valence-electron chi connectivity index (χ3n) is 1.86. The van der Waals surface area contributed by atoms with E-state index in [2.05, 4.69) is 15.9 Å². The second kappa shape index (κ2) is 6.10. The van der Waals surface area contributed by atoms with Crippen LogP contribution < -0.4 is 10.6 Å². The number of imide groups is 1. The van der Waals surface area contributed by atoms with Crippen molar-refractivity contribution in [2.24, 2.45) is 0 Å². The first-order valence-electron chi connectivity index (χ1n) is 4.71. The van der Waals surface area contributed by atoms with Gasteiger partial charge in [-0.15, -0.1) is 11.6 Å². The number of rotatable bonds is 2. The molecule has 0 saturated carbocycles. The van der Waals surface area contributed by atoms with Crippen molar-refractivity contribution in [1.29, 1.82) is 0 Å². The fourth-order valence-corrected chi connectivity index (χ4v) is 1.35. The van der Waals surface area contributed by atoms with E-state index in [0.717, 1.165) is 12.1 Å². The number of anilines is 1. The Kier molecular flexibility index (Phi) is 5.03. The number of benzene rings is 1. The van der Waals surface area contributed by atoms with Crippen molar-refractivity contribution in [3.05, 3.63) is 28.2 Å². The molecular formula is C10H8BrClF2N2O2. The summed E-state index contributed by atoms with van der Waals surface area (Å²) in [5.74, 6) is -2.33. The summed E-state index contributed by atoms with van der Waals surface area (Å²) >= 11 is 8.21. The van der Waals surface area contributed by atoms with Crippen LogP contribution in [0.4, 0.5) is 19.3 Å². The number of hydrogen-bond donors (Lipinski definition) is 2. The first-order chi connectivity index (χ1) is 8.31. The smallest absolute Gasteiger partial charge is 0.305 e. The van der Waals surface area contributed by atoms with Gasteiger partial charge in [0.25, 0.3) is 0 Å². The average molecular weight is 342 g/mol. The topological polar surface area (TPSA) is 58.2 Å². The summed E-state index contributed by atoms with van der Waals surface area (Å²) in [6.07, 6.45) is 0. The van der Waals surface area contributed by atoms with E-state index in [-0.39, 0.29) is 10.2 Å². The fraction of sp³-hybridized carbons (Fsp3) is 0.200. The molecule has 1 unspecified atom stereocenters. The van der Waals surface area contributed by atoms with E-state index in [1.165, 1.54) is 6.92 Å². The molecule has 1 rings (SSSR count). The quantitative estimate of drug-likeness (QED) is 0.642. The van der Waals surface area contributed by atoms with Crippen LogP contribution in [0.5, 0.6) is 0 Å². The minimum atomic E-state index is -0.992. The normalized spacial score (nSPS) is 11.8. The van der Waals surface area contributed by atoms with Crippen molar-refractivity contribution < 1.29 is 18.4 Å². The van der Waals surface area contributed by atoms with Crippen molar-refractivity contribution in [2.75, 3.05) is 5.32 Å². The van der Waals surface area contributed by atoms with Gasteiger partial charge in [0.1, 0.15) is 17.0 Å². The Labute approximate surface area is 115 Å². The third-order valence-corrected chi connectivity index (χ3v) is 2.66. The third kappa shape index (κ3) is 3.92. The Balaban J connectivity index is 2.76. The standard InChI is InChI=1S/C10H8BrClF2N2O2/c1-4(12)9(17)16-10(18)15-8-3-6(13)5(11)2-7(8)14/h2-4H,1H3,(H2,15,16,17,18). The van der Waals surface area contributed by atoms with E-state index in [0.29, 0.717) is 0 Å². The summed E-state index contributed by atoms with van der Waals surface area (Å²) in [5, 5.41) is 2.95. The number of carbonyl (C=O) groups is 2. The van der Waals surface area contributed by atoms with Crippen molar-refractivity contribution >= 4 is 45.2 Å². The monoisotopic (exact) mass is 340 g/mol. The molecule has 0 aromatic heterocycles. The van der Waals surface area contributed by atoms with Gasteiger partial charge in [-0.1, -0.05) is 0 Å². The highest BCUT2D eigenvalue weighted by Gasteiger charge is 2.15. The zero-order chi connectivity index (χ0) is 13.9.